The Bertz CT molecular complexity index is 829. The second kappa shape index (κ2) is 9.33. The lowest BCUT2D eigenvalue weighted by molar-refractivity contribution is -0.139. The van der Waals surface area contributed by atoms with E-state index >= 15 is 0 Å². The molecule has 1 aliphatic rings. The lowest BCUT2D eigenvalue weighted by Gasteiger charge is -2.13. The molecule has 0 aliphatic heterocycles. The zero-order valence-corrected chi connectivity index (χ0v) is 15.9. The molecule has 2 N–H and O–H groups in total. The molecule has 0 bridgehead atoms. The molecule has 0 spiro atoms. The fourth-order valence-electron chi connectivity index (χ4n) is 3.46. The third-order valence-electron chi connectivity index (χ3n) is 4.98. The Morgan fingerprint density at radius 1 is 1.11 bits per heavy atom. The van der Waals surface area contributed by atoms with Gasteiger partial charge in [0.25, 0.3) is 0 Å². The highest BCUT2D eigenvalue weighted by Crippen LogP contribution is 2.44. The van der Waals surface area contributed by atoms with Crippen LogP contribution < -0.4 is 5.32 Å². The van der Waals surface area contributed by atoms with Crippen LogP contribution in [0.5, 0.6) is 0 Å². The highest BCUT2D eigenvalue weighted by molar-refractivity contribution is 5.82. The maximum atomic E-state index is 12.1. The molecular formula is C23H25NO4. The van der Waals surface area contributed by atoms with Crippen LogP contribution in [0, 0.1) is 0 Å². The largest absolute Gasteiger partial charge is 0.480 e. The van der Waals surface area contributed by atoms with Gasteiger partial charge < -0.3 is 15.2 Å². The SMILES string of the molecule is C[C@@H](NCCCC=CC(=O)OCC1c2ccccc2-c2ccccc21)C(=O)O. The molecule has 0 heterocycles. The first kappa shape index (κ1) is 19.8. The van der Waals surface area contributed by atoms with Gasteiger partial charge in [-0.25, -0.2) is 4.79 Å². The topological polar surface area (TPSA) is 75.6 Å². The van der Waals surface area contributed by atoms with E-state index < -0.39 is 12.0 Å². The van der Waals surface area contributed by atoms with Crippen LogP contribution in [0.3, 0.4) is 0 Å². The van der Waals surface area contributed by atoms with Gasteiger partial charge in [-0.3, -0.25) is 4.79 Å². The van der Waals surface area contributed by atoms with E-state index in [1.165, 1.54) is 28.3 Å². The van der Waals surface area contributed by atoms with Gasteiger partial charge in [0, 0.05) is 12.0 Å². The van der Waals surface area contributed by atoms with Crippen molar-refractivity contribution in [2.24, 2.45) is 0 Å². The minimum atomic E-state index is -0.867. The lowest BCUT2D eigenvalue weighted by Crippen LogP contribution is -2.34. The number of carboxylic acid groups (broad SMARTS) is 1. The second-order valence-corrected chi connectivity index (χ2v) is 6.92. The van der Waals surface area contributed by atoms with Crippen LogP contribution in [0.15, 0.2) is 60.7 Å². The van der Waals surface area contributed by atoms with Crippen molar-refractivity contribution >= 4 is 11.9 Å². The molecule has 0 aromatic heterocycles. The molecule has 0 saturated carbocycles. The first-order chi connectivity index (χ1) is 13.6. The van der Waals surface area contributed by atoms with Crippen LogP contribution in [0.4, 0.5) is 0 Å². The van der Waals surface area contributed by atoms with E-state index in [-0.39, 0.29) is 11.9 Å². The predicted molar refractivity (Wildman–Crippen MR) is 108 cm³/mol. The van der Waals surface area contributed by atoms with Crippen molar-refractivity contribution in [2.75, 3.05) is 13.2 Å². The third kappa shape index (κ3) is 4.67. The van der Waals surface area contributed by atoms with Gasteiger partial charge in [0.15, 0.2) is 0 Å². The number of carbonyl (C=O) groups excluding carboxylic acids is 1. The average molecular weight is 379 g/mol. The van der Waals surface area contributed by atoms with Crippen molar-refractivity contribution in [3.8, 4) is 11.1 Å². The number of carbonyl (C=O) groups is 2. The normalized spacial score (nSPS) is 13.9. The Kier molecular flexibility index (Phi) is 6.61. The first-order valence-electron chi connectivity index (χ1n) is 9.55. The van der Waals surface area contributed by atoms with Crippen molar-refractivity contribution in [1.82, 2.24) is 5.32 Å². The van der Waals surface area contributed by atoms with Crippen molar-refractivity contribution < 1.29 is 19.4 Å². The van der Waals surface area contributed by atoms with Crippen LogP contribution in [-0.2, 0) is 14.3 Å². The summed E-state index contributed by atoms with van der Waals surface area (Å²) in [6.45, 7) is 2.51. The van der Waals surface area contributed by atoms with Gasteiger partial charge in [-0.05, 0) is 48.6 Å². The zero-order valence-electron chi connectivity index (χ0n) is 15.9. The van der Waals surface area contributed by atoms with Gasteiger partial charge in [0.05, 0.1) is 0 Å². The van der Waals surface area contributed by atoms with Crippen LogP contribution in [0.2, 0.25) is 0 Å². The monoisotopic (exact) mass is 379 g/mol. The Morgan fingerprint density at radius 3 is 2.32 bits per heavy atom. The number of fused-ring (bicyclic) bond motifs is 3. The number of allylic oxidation sites excluding steroid dienone is 1. The minimum Gasteiger partial charge on any atom is -0.480 e. The highest BCUT2D eigenvalue weighted by Gasteiger charge is 2.28. The van der Waals surface area contributed by atoms with Gasteiger partial charge in [-0.15, -0.1) is 0 Å². The molecule has 0 saturated heterocycles. The number of aliphatic carboxylic acids is 1. The summed E-state index contributed by atoms with van der Waals surface area (Å²) < 4.78 is 5.50. The van der Waals surface area contributed by atoms with Crippen LogP contribution in [-0.4, -0.2) is 36.2 Å². The van der Waals surface area contributed by atoms with E-state index in [0.29, 0.717) is 19.6 Å². The number of ether oxygens (including phenoxy) is 1. The average Bonchev–Trinajstić information content (AvgIpc) is 3.02. The first-order valence-corrected chi connectivity index (χ1v) is 9.55. The maximum Gasteiger partial charge on any atom is 0.330 e. The fourth-order valence-corrected chi connectivity index (χ4v) is 3.46. The molecule has 1 atom stereocenters. The molecule has 5 nitrogen and oxygen atoms in total. The van der Waals surface area contributed by atoms with E-state index in [1.807, 2.05) is 24.3 Å². The molecule has 0 unspecified atom stereocenters. The summed E-state index contributed by atoms with van der Waals surface area (Å²) in [6.07, 6.45) is 4.66. The summed E-state index contributed by atoms with van der Waals surface area (Å²) in [4.78, 5) is 22.8. The van der Waals surface area contributed by atoms with Crippen LogP contribution >= 0.6 is 0 Å². The van der Waals surface area contributed by atoms with Crippen molar-refractivity contribution in [3.63, 3.8) is 0 Å². The summed E-state index contributed by atoms with van der Waals surface area (Å²) >= 11 is 0. The quantitative estimate of drug-likeness (QED) is 0.394. The minimum absolute atomic E-state index is 0.0615. The number of hydrogen-bond donors (Lipinski definition) is 2. The van der Waals surface area contributed by atoms with Gasteiger partial charge in [0.2, 0.25) is 0 Å². The number of nitrogens with one attached hydrogen (secondary N) is 1. The maximum absolute atomic E-state index is 12.1. The van der Waals surface area contributed by atoms with E-state index in [1.54, 1.807) is 13.0 Å². The molecular weight excluding hydrogens is 354 g/mol. The molecule has 2 aromatic carbocycles. The van der Waals surface area contributed by atoms with Gasteiger partial charge in [-0.2, -0.15) is 0 Å². The molecule has 0 radical (unpaired) electrons. The van der Waals surface area contributed by atoms with Crippen molar-refractivity contribution in [1.29, 1.82) is 0 Å². The van der Waals surface area contributed by atoms with Crippen LogP contribution in [0.1, 0.15) is 36.8 Å². The van der Waals surface area contributed by atoms with Crippen LogP contribution in [0.25, 0.3) is 11.1 Å². The zero-order chi connectivity index (χ0) is 19.9. The lowest BCUT2D eigenvalue weighted by atomic mass is 9.98. The summed E-state index contributed by atoms with van der Waals surface area (Å²) in [7, 11) is 0. The standard InChI is InChI=1S/C23H25NO4/c1-16(23(26)27)24-14-8-2-3-13-22(25)28-15-21-19-11-6-4-9-17(19)18-10-5-7-12-20(18)21/h3-7,9-13,16,21,24H,2,8,14-15H2,1H3,(H,26,27)/t16-/m1/s1. The fraction of sp³-hybridized carbons (Fsp3) is 0.304. The molecule has 1 aliphatic carbocycles. The molecule has 3 rings (SSSR count). The van der Waals surface area contributed by atoms with Gasteiger partial charge in [-0.1, -0.05) is 54.6 Å². The number of rotatable bonds is 9. The van der Waals surface area contributed by atoms with E-state index in [2.05, 4.69) is 29.6 Å². The van der Waals surface area contributed by atoms with E-state index in [4.69, 9.17) is 9.84 Å². The number of benzene rings is 2. The van der Waals surface area contributed by atoms with E-state index in [0.717, 1.165) is 6.42 Å². The van der Waals surface area contributed by atoms with Crippen molar-refractivity contribution in [3.05, 3.63) is 71.8 Å². The van der Waals surface area contributed by atoms with E-state index in [9.17, 15) is 9.59 Å². The summed E-state index contributed by atoms with van der Waals surface area (Å²) in [6, 6.07) is 15.9. The number of unbranched alkanes of at least 4 members (excludes halogenated alkanes) is 1. The molecule has 2 aromatic rings. The Balaban J connectivity index is 1.48. The molecule has 28 heavy (non-hydrogen) atoms. The number of esters is 1. The summed E-state index contributed by atoms with van der Waals surface area (Å²) in [5, 5.41) is 11.7. The molecule has 146 valence electrons. The molecule has 0 amide bonds. The second-order valence-electron chi connectivity index (χ2n) is 6.92. The number of carboxylic acids is 1. The predicted octanol–water partition coefficient (Wildman–Crippen LogP) is 3.74. The Morgan fingerprint density at radius 2 is 1.71 bits per heavy atom. The number of hydrogen-bond acceptors (Lipinski definition) is 4. The summed E-state index contributed by atoms with van der Waals surface area (Å²) in [5.41, 5.74) is 4.80. The van der Waals surface area contributed by atoms with Gasteiger partial charge in [0.1, 0.15) is 12.6 Å². The Hall–Kier alpha value is -2.92. The third-order valence-corrected chi connectivity index (χ3v) is 4.98. The summed E-state index contributed by atoms with van der Waals surface area (Å²) in [5.74, 6) is -1.16. The molecule has 0 fully saturated rings. The smallest absolute Gasteiger partial charge is 0.330 e. The molecule has 5 heteroatoms. The van der Waals surface area contributed by atoms with Crippen molar-refractivity contribution in [2.45, 2.75) is 31.7 Å². The van der Waals surface area contributed by atoms with Gasteiger partial charge >= 0.3 is 11.9 Å². The highest BCUT2D eigenvalue weighted by atomic mass is 16.5. The Labute approximate surface area is 165 Å².